The number of alkyl halides is 3. The van der Waals surface area contributed by atoms with Gasteiger partial charge in [0.2, 0.25) is 3.79 Å². The van der Waals surface area contributed by atoms with Crippen LogP contribution in [-0.4, -0.2) is 27.6 Å². The second-order valence-corrected chi connectivity index (χ2v) is 5.45. The van der Waals surface area contributed by atoms with Gasteiger partial charge in [-0.15, -0.1) is 0 Å². The van der Waals surface area contributed by atoms with E-state index < -0.39 is 15.9 Å². The summed E-state index contributed by atoms with van der Waals surface area (Å²) in [6, 6.07) is 0. The number of ether oxygens (including phenoxy) is 1. The van der Waals surface area contributed by atoms with Crippen molar-refractivity contribution in [1.29, 1.82) is 0 Å². The highest BCUT2D eigenvalue weighted by atomic mass is 35.6. The van der Waals surface area contributed by atoms with Crippen LogP contribution >= 0.6 is 34.8 Å². The first-order valence-electron chi connectivity index (χ1n) is 4.27. The second-order valence-electron chi connectivity index (χ2n) is 3.08. The van der Waals surface area contributed by atoms with Gasteiger partial charge in [0, 0.05) is 13.3 Å². The topological polar surface area (TPSA) is 46.5 Å². The molecule has 0 aliphatic carbocycles. The van der Waals surface area contributed by atoms with Crippen molar-refractivity contribution in [2.45, 2.75) is 30.2 Å². The fourth-order valence-electron chi connectivity index (χ4n) is 0.822. The quantitative estimate of drug-likeness (QED) is 0.487. The third-order valence-electron chi connectivity index (χ3n) is 1.60. The molecule has 15 heavy (non-hydrogen) atoms. The lowest BCUT2D eigenvalue weighted by Gasteiger charge is -2.22. The smallest absolute Gasteiger partial charge is 0.303 e. The number of hydrogen-bond donors (Lipinski definition) is 1. The minimum absolute atomic E-state index is 0.0767. The summed E-state index contributed by atoms with van der Waals surface area (Å²) in [4.78, 5) is 10.7. The summed E-state index contributed by atoms with van der Waals surface area (Å²) in [6.45, 7) is 2.89. The molecule has 3 nitrogen and oxygen atoms in total. The number of aliphatic hydroxyl groups excluding tert-OH is 1. The molecule has 0 saturated carbocycles. The molecule has 0 aliphatic heterocycles. The number of halogens is 3. The van der Waals surface area contributed by atoms with Crippen molar-refractivity contribution in [3.63, 3.8) is 0 Å². The van der Waals surface area contributed by atoms with Gasteiger partial charge < -0.3 is 9.84 Å². The average Bonchev–Trinajstić information content (AvgIpc) is 2.09. The Bertz CT molecular complexity index is 245. The van der Waals surface area contributed by atoms with E-state index in [1.54, 1.807) is 13.0 Å². The molecule has 0 aliphatic rings. The van der Waals surface area contributed by atoms with E-state index in [0.717, 1.165) is 5.57 Å². The van der Waals surface area contributed by atoms with E-state index in [1.165, 1.54) is 6.92 Å². The molecule has 0 amide bonds. The van der Waals surface area contributed by atoms with Crippen molar-refractivity contribution in [2.24, 2.45) is 0 Å². The molecule has 0 saturated heterocycles. The number of hydrogen-bond acceptors (Lipinski definition) is 3. The van der Waals surface area contributed by atoms with Crippen LogP contribution < -0.4 is 0 Å². The maximum Gasteiger partial charge on any atom is 0.303 e. The van der Waals surface area contributed by atoms with E-state index in [1.807, 2.05) is 0 Å². The van der Waals surface area contributed by atoms with Crippen molar-refractivity contribution in [2.75, 3.05) is 6.61 Å². The number of aliphatic hydroxyl groups is 1. The molecule has 6 heteroatoms. The Morgan fingerprint density at radius 2 is 2.00 bits per heavy atom. The molecule has 1 atom stereocenters. The van der Waals surface area contributed by atoms with Gasteiger partial charge in [0.05, 0.1) is 6.61 Å². The standard InChI is InChI=1S/C9H13Cl3O3/c1-6(5-13)3-4-8(9(10,11)12)15-7(2)14/h3,8,13H,4-5H2,1-2H3/b6-3-. The first-order valence-corrected chi connectivity index (χ1v) is 5.41. The lowest BCUT2D eigenvalue weighted by atomic mass is 10.2. The van der Waals surface area contributed by atoms with Crippen LogP contribution in [0.1, 0.15) is 20.3 Å². The minimum Gasteiger partial charge on any atom is -0.458 e. The molecular weight excluding hydrogens is 262 g/mol. The molecule has 0 radical (unpaired) electrons. The van der Waals surface area contributed by atoms with E-state index in [0.29, 0.717) is 0 Å². The zero-order valence-corrected chi connectivity index (χ0v) is 10.7. The zero-order chi connectivity index (χ0) is 12.1. The van der Waals surface area contributed by atoms with Crippen molar-refractivity contribution in [3.05, 3.63) is 11.6 Å². The van der Waals surface area contributed by atoms with Gasteiger partial charge in [-0.05, 0) is 6.92 Å². The van der Waals surface area contributed by atoms with Crippen molar-refractivity contribution >= 4 is 40.8 Å². The molecule has 1 N–H and O–H groups in total. The molecule has 0 aromatic carbocycles. The molecule has 0 aromatic heterocycles. The maximum atomic E-state index is 10.7. The van der Waals surface area contributed by atoms with Crippen LogP contribution in [0.4, 0.5) is 0 Å². The predicted molar refractivity (Wildman–Crippen MR) is 61.3 cm³/mol. The SMILES string of the molecule is CC(=O)OC(C/C=C(/C)CO)C(Cl)(Cl)Cl. The van der Waals surface area contributed by atoms with Gasteiger partial charge in [-0.3, -0.25) is 4.79 Å². The molecule has 88 valence electrons. The first kappa shape index (κ1) is 15.0. The lowest BCUT2D eigenvalue weighted by Crippen LogP contribution is -2.30. The van der Waals surface area contributed by atoms with Gasteiger partial charge in [-0.2, -0.15) is 0 Å². The Balaban J connectivity index is 4.46. The molecular formula is C9H13Cl3O3. The fraction of sp³-hybridized carbons (Fsp3) is 0.667. The first-order chi connectivity index (χ1) is 6.77. The van der Waals surface area contributed by atoms with Gasteiger partial charge >= 0.3 is 5.97 Å². The van der Waals surface area contributed by atoms with Gasteiger partial charge in [-0.1, -0.05) is 46.5 Å². The highest BCUT2D eigenvalue weighted by molar-refractivity contribution is 6.68. The lowest BCUT2D eigenvalue weighted by molar-refractivity contribution is -0.145. The van der Waals surface area contributed by atoms with E-state index in [2.05, 4.69) is 0 Å². The Kier molecular flexibility index (Phi) is 6.60. The van der Waals surface area contributed by atoms with Crippen LogP contribution in [0.3, 0.4) is 0 Å². The van der Waals surface area contributed by atoms with Crippen LogP contribution in [0, 0.1) is 0 Å². The zero-order valence-electron chi connectivity index (χ0n) is 8.47. The summed E-state index contributed by atoms with van der Waals surface area (Å²) in [7, 11) is 0. The fourth-order valence-corrected chi connectivity index (χ4v) is 1.22. The van der Waals surface area contributed by atoms with Gasteiger partial charge in [0.15, 0.2) is 6.10 Å². The number of carbonyl (C=O) groups is 1. The third-order valence-corrected chi connectivity index (χ3v) is 2.33. The van der Waals surface area contributed by atoms with Gasteiger partial charge in [0.1, 0.15) is 0 Å². The summed E-state index contributed by atoms with van der Waals surface area (Å²) in [5, 5.41) is 8.76. The van der Waals surface area contributed by atoms with Crippen molar-refractivity contribution in [3.8, 4) is 0 Å². The van der Waals surface area contributed by atoms with Crippen LogP contribution in [0.25, 0.3) is 0 Å². The minimum atomic E-state index is -1.67. The summed E-state index contributed by atoms with van der Waals surface area (Å²) in [6.07, 6.45) is 1.07. The Labute approximate surface area is 104 Å². The number of esters is 1. The van der Waals surface area contributed by atoms with E-state index in [9.17, 15) is 4.79 Å². The largest absolute Gasteiger partial charge is 0.458 e. The second kappa shape index (κ2) is 6.59. The summed E-state index contributed by atoms with van der Waals surface area (Å²) in [5.41, 5.74) is 0.724. The van der Waals surface area contributed by atoms with E-state index in [-0.39, 0.29) is 13.0 Å². The number of rotatable bonds is 4. The van der Waals surface area contributed by atoms with Crippen LogP contribution in [-0.2, 0) is 9.53 Å². The molecule has 0 aromatic rings. The van der Waals surface area contributed by atoms with Crippen LogP contribution in [0.15, 0.2) is 11.6 Å². The molecule has 0 spiro atoms. The monoisotopic (exact) mass is 274 g/mol. The van der Waals surface area contributed by atoms with Gasteiger partial charge in [-0.25, -0.2) is 0 Å². The normalized spacial score (nSPS) is 14.9. The number of carbonyl (C=O) groups excluding carboxylic acids is 1. The molecule has 1 unspecified atom stereocenters. The third kappa shape index (κ3) is 7.01. The van der Waals surface area contributed by atoms with Crippen molar-refractivity contribution in [1.82, 2.24) is 0 Å². The van der Waals surface area contributed by atoms with Crippen molar-refractivity contribution < 1.29 is 14.6 Å². The Morgan fingerprint density at radius 3 is 2.33 bits per heavy atom. The highest BCUT2D eigenvalue weighted by Crippen LogP contribution is 2.34. The van der Waals surface area contributed by atoms with Crippen LogP contribution in [0.2, 0.25) is 0 Å². The summed E-state index contributed by atoms with van der Waals surface area (Å²) >= 11 is 16.9. The summed E-state index contributed by atoms with van der Waals surface area (Å²) in [5.74, 6) is -0.513. The van der Waals surface area contributed by atoms with Gasteiger partial charge in [0.25, 0.3) is 0 Å². The average molecular weight is 276 g/mol. The molecule has 0 rings (SSSR count). The predicted octanol–water partition coefficient (Wildman–Crippen LogP) is 2.62. The Hall–Kier alpha value is 0.0400. The maximum absolute atomic E-state index is 10.7. The highest BCUT2D eigenvalue weighted by Gasteiger charge is 2.34. The van der Waals surface area contributed by atoms with Crippen LogP contribution in [0.5, 0.6) is 0 Å². The van der Waals surface area contributed by atoms with E-state index in [4.69, 9.17) is 44.6 Å². The molecule has 0 fully saturated rings. The Morgan fingerprint density at radius 1 is 1.47 bits per heavy atom. The molecule has 0 bridgehead atoms. The van der Waals surface area contributed by atoms with E-state index >= 15 is 0 Å². The summed E-state index contributed by atoms with van der Waals surface area (Å²) < 4.78 is 3.18. The molecule has 0 heterocycles.